The summed E-state index contributed by atoms with van der Waals surface area (Å²) in [6.07, 6.45) is 6.66. The first-order valence-corrected chi connectivity index (χ1v) is 12.9. The normalized spacial score (nSPS) is 11.7. The van der Waals surface area contributed by atoms with Crippen molar-refractivity contribution in [3.63, 3.8) is 0 Å². The van der Waals surface area contributed by atoms with Crippen molar-refractivity contribution in [3.8, 4) is 11.3 Å². The van der Waals surface area contributed by atoms with Crippen molar-refractivity contribution in [1.29, 1.82) is 0 Å². The molecule has 0 unspecified atom stereocenters. The van der Waals surface area contributed by atoms with Gasteiger partial charge < -0.3 is 9.88 Å². The van der Waals surface area contributed by atoms with Crippen LogP contribution in [-0.2, 0) is 18.5 Å². The van der Waals surface area contributed by atoms with Gasteiger partial charge in [0.15, 0.2) is 0 Å². The number of unbranched alkanes of at least 4 members (excludes halogenated alkanes) is 1. The number of benzene rings is 3. The second kappa shape index (κ2) is 10.6. The molecule has 0 saturated carbocycles. The molecule has 0 radical (unpaired) electrons. The molecule has 1 amide bonds. The van der Waals surface area contributed by atoms with Gasteiger partial charge >= 0.3 is 0 Å². The fraction of sp³-hybridized carbons (Fsp3) is 0.258. The molecule has 0 spiro atoms. The first-order valence-electron chi connectivity index (χ1n) is 12.9. The number of nitrogens with one attached hydrogen (secondary N) is 1. The summed E-state index contributed by atoms with van der Waals surface area (Å²) in [5.74, 6) is -0.606. The minimum atomic E-state index is -0.366. The van der Waals surface area contributed by atoms with Crippen molar-refractivity contribution in [1.82, 2.24) is 19.3 Å². The highest BCUT2D eigenvalue weighted by Crippen LogP contribution is 2.30. The van der Waals surface area contributed by atoms with Crippen LogP contribution >= 0.6 is 0 Å². The van der Waals surface area contributed by atoms with E-state index in [1.807, 2.05) is 51.4 Å². The summed E-state index contributed by atoms with van der Waals surface area (Å²) in [7, 11) is 0. The van der Waals surface area contributed by atoms with Gasteiger partial charge in [-0.1, -0.05) is 30.3 Å². The molecule has 2 aromatic heterocycles. The first-order chi connectivity index (χ1) is 18.3. The Labute approximate surface area is 222 Å². The Morgan fingerprint density at radius 2 is 1.74 bits per heavy atom. The molecule has 0 bridgehead atoms. The van der Waals surface area contributed by atoms with E-state index in [2.05, 4.69) is 44.2 Å². The summed E-state index contributed by atoms with van der Waals surface area (Å²) in [6.45, 7) is 6.93. The monoisotopic (exact) mass is 509 g/mol. The maximum atomic E-state index is 13.6. The van der Waals surface area contributed by atoms with Crippen molar-refractivity contribution in [2.45, 2.75) is 52.1 Å². The van der Waals surface area contributed by atoms with Gasteiger partial charge in [0.2, 0.25) is 0 Å². The number of hydrogen-bond acceptors (Lipinski definition) is 3. The Morgan fingerprint density at radius 3 is 2.47 bits per heavy atom. The van der Waals surface area contributed by atoms with Crippen LogP contribution in [0.5, 0.6) is 0 Å². The maximum Gasteiger partial charge on any atom is 0.259 e. The van der Waals surface area contributed by atoms with Gasteiger partial charge in [0.05, 0.1) is 40.4 Å². The van der Waals surface area contributed by atoms with E-state index in [1.165, 1.54) is 17.7 Å². The van der Waals surface area contributed by atoms with Gasteiger partial charge in [0.1, 0.15) is 5.82 Å². The van der Waals surface area contributed by atoms with E-state index in [1.54, 1.807) is 23.0 Å². The summed E-state index contributed by atoms with van der Waals surface area (Å²) in [6, 6.07) is 22.4. The molecular formula is C31H32FN5O. The zero-order valence-electron chi connectivity index (χ0n) is 22.0. The van der Waals surface area contributed by atoms with Crippen molar-refractivity contribution in [2.75, 3.05) is 5.32 Å². The third kappa shape index (κ3) is 5.52. The summed E-state index contributed by atoms with van der Waals surface area (Å²) in [4.78, 5) is 17.9. The minimum Gasteiger partial charge on any atom is -0.331 e. The molecular weight excluding hydrogens is 477 g/mol. The van der Waals surface area contributed by atoms with Gasteiger partial charge in [-0.05, 0) is 88.1 Å². The van der Waals surface area contributed by atoms with Crippen LogP contribution in [0.25, 0.3) is 22.3 Å². The minimum absolute atomic E-state index is 0.278. The molecule has 0 aliphatic carbocycles. The summed E-state index contributed by atoms with van der Waals surface area (Å²) >= 11 is 0. The lowest BCUT2D eigenvalue weighted by Gasteiger charge is -2.23. The number of aryl methyl sites for hydroxylation is 2. The van der Waals surface area contributed by atoms with E-state index in [4.69, 9.17) is 0 Å². The average molecular weight is 510 g/mol. The topological polar surface area (TPSA) is 64.7 Å². The smallest absolute Gasteiger partial charge is 0.259 e. The van der Waals surface area contributed by atoms with Crippen LogP contribution in [0, 0.1) is 5.82 Å². The van der Waals surface area contributed by atoms with Crippen LogP contribution in [0.2, 0.25) is 0 Å². The van der Waals surface area contributed by atoms with E-state index in [0.29, 0.717) is 16.9 Å². The number of anilines is 1. The average Bonchev–Trinajstić information content (AvgIpc) is 3.52. The third-order valence-corrected chi connectivity index (χ3v) is 6.60. The van der Waals surface area contributed by atoms with Crippen LogP contribution in [0.3, 0.4) is 0 Å². The molecule has 0 aliphatic heterocycles. The lowest BCUT2D eigenvalue weighted by Crippen LogP contribution is -2.24. The molecule has 194 valence electrons. The molecule has 5 rings (SSSR count). The standard InChI is InChI=1S/C31H32FN5O/c1-31(2,3)37-29(23-12-14-24(32)15-13-23)26(20-34-37)30(38)35-25-16-17-28-27(19-25)33-21-36(28)18-8-7-11-22-9-5-4-6-10-22/h4-6,9-10,12-17,19-21H,7-8,11,18H2,1-3H3,(H,35,38). The number of nitrogens with zero attached hydrogens (tertiary/aromatic N) is 4. The summed E-state index contributed by atoms with van der Waals surface area (Å²) in [5, 5.41) is 7.50. The number of halogens is 1. The van der Waals surface area contributed by atoms with Crippen LogP contribution in [0.1, 0.15) is 49.5 Å². The van der Waals surface area contributed by atoms with Crippen LogP contribution in [0.15, 0.2) is 85.3 Å². The molecule has 0 atom stereocenters. The maximum absolute atomic E-state index is 13.6. The van der Waals surface area contributed by atoms with Gasteiger partial charge in [-0.2, -0.15) is 5.10 Å². The van der Waals surface area contributed by atoms with E-state index < -0.39 is 0 Å². The number of imidazole rings is 1. The summed E-state index contributed by atoms with van der Waals surface area (Å²) < 4.78 is 17.5. The second-order valence-electron chi connectivity index (χ2n) is 10.5. The van der Waals surface area contributed by atoms with E-state index in [0.717, 1.165) is 42.4 Å². The number of aromatic nitrogens is 4. The molecule has 7 heteroatoms. The highest BCUT2D eigenvalue weighted by molar-refractivity contribution is 6.08. The second-order valence-corrected chi connectivity index (χ2v) is 10.5. The number of hydrogen-bond donors (Lipinski definition) is 1. The number of carbonyl (C=O) groups is 1. The molecule has 0 saturated heterocycles. The first kappa shape index (κ1) is 25.4. The van der Waals surface area contributed by atoms with Gasteiger partial charge in [-0.15, -0.1) is 0 Å². The Hall–Kier alpha value is -4.26. The largest absolute Gasteiger partial charge is 0.331 e. The van der Waals surface area contributed by atoms with Crippen LogP contribution < -0.4 is 5.32 Å². The van der Waals surface area contributed by atoms with Crippen LogP contribution in [-0.4, -0.2) is 25.2 Å². The van der Waals surface area contributed by atoms with Gasteiger partial charge in [0.25, 0.3) is 5.91 Å². The number of fused-ring (bicyclic) bond motifs is 1. The van der Waals surface area contributed by atoms with Crippen molar-refractivity contribution in [3.05, 3.63) is 102 Å². The predicted molar refractivity (Wildman–Crippen MR) is 150 cm³/mol. The highest BCUT2D eigenvalue weighted by atomic mass is 19.1. The molecule has 0 aliphatic rings. The molecule has 0 fully saturated rings. The molecule has 2 heterocycles. The number of carbonyl (C=O) groups excluding carboxylic acids is 1. The van der Waals surface area contributed by atoms with Crippen molar-refractivity contribution >= 4 is 22.6 Å². The van der Waals surface area contributed by atoms with Crippen molar-refractivity contribution < 1.29 is 9.18 Å². The lowest BCUT2D eigenvalue weighted by molar-refractivity contribution is 0.102. The Kier molecular flexibility index (Phi) is 7.09. The highest BCUT2D eigenvalue weighted by Gasteiger charge is 2.25. The fourth-order valence-corrected chi connectivity index (χ4v) is 4.68. The molecule has 5 aromatic rings. The summed E-state index contributed by atoms with van der Waals surface area (Å²) in [5.41, 5.74) is 5.32. The lowest BCUT2D eigenvalue weighted by atomic mass is 10.0. The third-order valence-electron chi connectivity index (χ3n) is 6.60. The van der Waals surface area contributed by atoms with Crippen molar-refractivity contribution in [2.24, 2.45) is 0 Å². The van der Waals surface area contributed by atoms with Gasteiger partial charge in [0, 0.05) is 17.8 Å². The SMILES string of the molecule is CC(C)(C)n1ncc(C(=O)Nc2ccc3c(c2)ncn3CCCCc2ccccc2)c1-c1ccc(F)cc1. The predicted octanol–water partition coefficient (Wildman–Crippen LogP) is 7.07. The van der Waals surface area contributed by atoms with E-state index in [-0.39, 0.29) is 17.3 Å². The Morgan fingerprint density at radius 1 is 0.974 bits per heavy atom. The van der Waals surface area contributed by atoms with Gasteiger partial charge in [-0.25, -0.2) is 9.37 Å². The van der Waals surface area contributed by atoms with Crippen LogP contribution in [0.4, 0.5) is 10.1 Å². The zero-order chi connectivity index (χ0) is 26.7. The molecule has 38 heavy (non-hydrogen) atoms. The fourth-order valence-electron chi connectivity index (χ4n) is 4.68. The number of rotatable bonds is 8. The zero-order valence-corrected chi connectivity index (χ0v) is 22.0. The molecule has 1 N–H and O–H groups in total. The van der Waals surface area contributed by atoms with E-state index in [9.17, 15) is 9.18 Å². The quantitative estimate of drug-likeness (QED) is 0.228. The van der Waals surface area contributed by atoms with E-state index >= 15 is 0 Å². The van der Waals surface area contributed by atoms with Gasteiger partial charge in [-0.3, -0.25) is 9.48 Å². The number of amides is 1. The Bertz CT molecular complexity index is 1550. The Balaban J connectivity index is 1.31. The molecule has 6 nitrogen and oxygen atoms in total. The molecule has 3 aromatic carbocycles.